The number of nitrogens with zero attached hydrogens (tertiary/aromatic N) is 1. The molecule has 372 valence electrons. The van der Waals surface area contributed by atoms with Gasteiger partial charge in [-0.3, -0.25) is 9.36 Å². The maximum Gasteiger partial charge on any atom is 0.268 e. The molecule has 3 atom stereocenters. The van der Waals surface area contributed by atoms with E-state index in [1.54, 1.807) is 6.08 Å². The first-order valence-electron chi connectivity index (χ1n) is 25.2. The van der Waals surface area contributed by atoms with Crippen molar-refractivity contribution in [3.63, 3.8) is 0 Å². The van der Waals surface area contributed by atoms with Crippen molar-refractivity contribution < 1.29 is 32.9 Å². The van der Waals surface area contributed by atoms with E-state index in [0.717, 1.165) is 109 Å². The van der Waals surface area contributed by atoms with Crippen LogP contribution in [0.15, 0.2) is 146 Å². The zero-order valence-electron chi connectivity index (χ0n) is 42.1. The van der Waals surface area contributed by atoms with Crippen LogP contribution in [0.5, 0.6) is 0 Å². The van der Waals surface area contributed by atoms with E-state index in [2.05, 4.69) is 153 Å². The Kier molecular flexibility index (Phi) is 43.9. The molecule has 0 aromatic rings. The number of quaternary nitrogens is 1. The average Bonchev–Trinajstić information content (AvgIpc) is 3.28. The number of carbonyl (C=O) groups excluding carboxylic acids is 1. The smallest absolute Gasteiger partial charge is 0.268 e. The number of likely N-dealkylation sites (N-methyl/N-ethyl adjacent to an activating group) is 1. The van der Waals surface area contributed by atoms with E-state index in [9.17, 15) is 19.4 Å². The number of rotatable bonds is 43. The van der Waals surface area contributed by atoms with E-state index < -0.39 is 26.6 Å². The molecule has 0 fully saturated rings. The number of aliphatic hydroxyl groups is 1. The lowest BCUT2D eigenvalue weighted by Gasteiger charge is -2.29. The van der Waals surface area contributed by atoms with Gasteiger partial charge in [0.05, 0.1) is 39.9 Å². The Balaban J connectivity index is 4.23. The molecule has 0 bridgehead atoms. The first kappa shape index (κ1) is 62.4. The normalized spacial score (nSPS) is 15.3. The van der Waals surface area contributed by atoms with E-state index in [4.69, 9.17) is 9.05 Å². The van der Waals surface area contributed by atoms with Gasteiger partial charge in [0, 0.05) is 6.42 Å². The molecular weight excluding hydrogens is 840 g/mol. The highest BCUT2D eigenvalue weighted by atomic mass is 31.2. The molecular formula is C57H93N2O6P. The molecule has 0 aromatic heterocycles. The van der Waals surface area contributed by atoms with Crippen LogP contribution >= 0.6 is 7.82 Å². The molecule has 0 spiro atoms. The number of amides is 1. The molecule has 2 N–H and O–H groups in total. The van der Waals surface area contributed by atoms with Gasteiger partial charge in [-0.15, -0.1) is 0 Å². The largest absolute Gasteiger partial charge is 0.756 e. The maximum atomic E-state index is 12.8. The van der Waals surface area contributed by atoms with Gasteiger partial charge in [0.1, 0.15) is 13.2 Å². The van der Waals surface area contributed by atoms with Crippen molar-refractivity contribution in [3.8, 4) is 0 Å². The zero-order chi connectivity index (χ0) is 48.5. The summed E-state index contributed by atoms with van der Waals surface area (Å²) in [6.07, 6.45) is 72.2. The van der Waals surface area contributed by atoms with E-state index in [-0.39, 0.29) is 12.5 Å². The van der Waals surface area contributed by atoms with Crippen LogP contribution in [0.4, 0.5) is 0 Å². The fraction of sp³-hybridized carbons (Fsp3) is 0.561. The Labute approximate surface area is 404 Å². The van der Waals surface area contributed by atoms with E-state index in [1.807, 2.05) is 27.2 Å². The van der Waals surface area contributed by atoms with Crippen molar-refractivity contribution in [2.24, 2.45) is 0 Å². The Hall–Kier alpha value is -3.62. The Morgan fingerprint density at radius 2 is 0.939 bits per heavy atom. The molecule has 0 saturated heterocycles. The first-order chi connectivity index (χ1) is 32.0. The summed E-state index contributed by atoms with van der Waals surface area (Å²) in [6, 6.07) is -0.926. The van der Waals surface area contributed by atoms with Gasteiger partial charge in [-0.1, -0.05) is 185 Å². The van der Waals surface area contributed by atoms with Crippen LogP contribution in [0.1, 0.15) is 155 Å². The minimum atomic E-state index is -4.61. The minimum Gasteiger partial charge on any atom is -0.756 e. The van der Waals surface area contributed by atoms with Gasteiger partial charge >= 0.3 is 0 Å². The summed E-state index contributed by atoms with van der Waals surface area (Å²) in [6.45, 7) is 4.39. The van der Waals surface area contributed by atoms with Gasteiger partial charge in [-0.25, -0.2) is 0 Å². The summed E-state index contributed by atoms with van der Waals surface area (Å²) in [7, 11) is 1.19. The highest BCUT2D eigenvalue weighted by molar-refractivity contribution is 7.45. The molecule has 0 radical (unpaired) electrons. The molecule has 1 amide bonds. The summed E-state index contributed by atoms with van der Waals surface area (Å²) >= 11 is 0. The number of hydrogen-bond donors (Lipinski definition) is 2. The second-order valence-electron chi connectivity index (χ2n) is 17.4. The predicted molar refractivity (Wildman–Crippen MR) is 283 cm³/mol. The van der Waals surface area contributed by atoms with Gasteiger partial charge < -0.3 is 28.8 Å². The van der Waals surface area contributed by atoms with Gasteiger partial charge in [0.25, 0.3) is 7.82 Å². The molecule has 0 aliphatic heterocycles. The molecule has 3 unspecified atom stereocenters. The second-order valence-corrected chi connectivity index (χ2v) is 18.8. The molecule has 0 aliphatic carbocycles. The number of carbonyl (C=O) groups is 1. The van der Waals surface area contributed by atoms with Crippen LogP contribution in [-0.2, 0) is 18.4 Å². The van der Waals surface area contributed by atoms with Gasteiger partial charge in [0.2, 0.25) is 5.91 Å². The van der Waals surface area contributed by atoms with Crippen molar-refractivity contribution >= 4 is 13.7 Å². The fourth-order valence-electron chi connectivity index (χ4n) is 6.08. The first-order valence-corrected chi connectivity index (χ1v) is 26.7. The highest BCUT2D eigenvalue weighted by Gasteiger charge is 2.23. The Morgan fingerprint density at radius 1 is 0.545 bits per heavy atom. The van der Waals surface area contributed by atoms with Crippen molar-refractivity contribution in [1.29, 1.82) is 0 Å². The Morgan fingerprint density at radius 3 is 1.39 bits per heavy atom. The summed E-state index contributed by atoms with van der Waals surface area (Å²) in [5.41, 5.74) is 0. The predicted octanol–water partition coefficient (Wildman–Crippen LogP) is 14.3. The molecule has 66 heavy (non-hydrogen) atoms. The van der Waals surface area contributed by atoms with Crippen LogP contribution in [0.25, 0.3) is 0 Å². The summed E-state index contributed by atoms with van der Waals surface area (Å²) < 4.78 is 23.1. The van der Waals surface area contributed by atoms with Gasteiger partial charge in [0.15, 0.2) is 0 Å². The number of phosphoric ester groups is 1. The minimum absolute atomic E-state index is 0.0207. The molecule has 0 rings (SSSR count). The Bertz CT molecular complexity index is 1570. The molecule has 0 heterocycles. The zero-order valence-corrected chi connectivity index (χ0v) is 43.0. The molecule has 0 aliphatic rings. The van der Waals surface area contributed by atoms with Crippen LogP contribution in [0, 0.1) is 0 Å². The van der Waals surface area contributed by atoms with Crippen LogP contribution in [-0.4, -0.2) is 68.5 Å². The standard InChI is InChI=1S/C57H93N2O6P/c1-6-8-10-12-14-16-17-18-19-20-21-22-23-24-25-26-27-28-29-30-31-32-33-34-35-36-37-38-39-40-41-43-45-47-49-51-57(61)58-55(54-65-66(62,63)64-53-52-59(3,4)5)56(60)50-48-46-44-42-15-13-11-9-7-2/h8,10,14-16,18-19,21-22,24-25,27-28,30-31,33-34,36-37,39-40,42,48,50,55-56,60H,6-7,9,11-13,17,20,23,26,29,32,35,38,41,43-47,49,51-54H2,1-5H3,(H-,58,61,62,63)/b10-8-,16-14-,19-18-,22-21-,25-24-,28-27-,31-30-,34-33-,37-36-,40-39-,42-15+,50-48+. The lowest BCUT2D eigenvalue weighted by Crippen LogP contribution is -2.45. The monoisotopic (exact) mass is 933 g/mol. The third-order valence-electron chi connectivity index (χ3n) is 10.0. The molecule has 8 nitrogen and oxygen atoms in total. The third kappa shape index (κ3) is 48.3. The quantitative estimate of drug-likeness (QED) is 0.0273. The third-order valence-corrected chi connectivity index (χ3v) is 11.0. The second kappa shape index (κ2) is 46.5. The number of unbranched alkanes of at least 4 members (excludes halogenated alkanes) is 8. The molecule has 9 heteroatoms. The van der Waals surface area contributed by atoms with Gasteiger partial charge in [-0.05, 0) is 109 Å². The number of nitrogens with one attached hydrogen (secondary N) is 1. The summed E-state index contributed by atoms with van der Waals surface area (Å²) in [5, 5.41) is 13.7. The molecule has 0 aromatic carbocycles. The van der Waals surface area contributed by atoms with Crippen molar-refractivity contribution in [2.45, 2.75) is 167 Å². The van der Waals surface area contributed by atoms with Crippen molar-refractivity contribution in [3.05, 3.63) is 146 Å². The lowest BCUT2D eigenvalue weighted by molar-refractivity contribution is -0.870. The number of hydrogen-bond acceptors (Lipinski definition) is 6. The number of phosphoric acid groups is 1. The van der Waals surface area contributed by atoms with Crippen LogP contribution < -0.4 is 10.2 Å². The molecule has 0 saturated carbocycles. The SMILES string of the molecule is CC/C=C\C/C=C\C/C=C\C/C=C\C/C=C\C/C=C\C/C=C\C/C=C\C/C=C\C/C=C\CCCCCCC(=O)NC(COP(=O)([O-])OCC[N+](C)(C)C)C(O)/C=C/CC/C=C/CCCCC. The van der Waals surface area contributed by atoms with E-state index in [0.29, 0.717) is 23.9 Å². The number of aliphatic hydroxyl groups excluding tert-OH is 1. The van der Waals surface area contributed by atoms with Gasteiger partial charge in [-0.2, -0.15) is 0 Å². The summed E-state index contributed by atoms with van der Waals surface area (Å²) in [5.74, 6) is -0.243. The topological polar surface area (TPSA) is 108 Å². The van der Waals surface area contributed by atoms with E-state index >= 15 is 0 Å². The van der Waals surface area contributed by atoms with Crippen LogP contribution in [0.2, 0.25) is 0 Å². The van der Waals surface area contributed by atoms with E-state index in [1.165, 1.54) is 19.3 Å². The summed E-state index contributed by atoms with van der Waals surface area (Å²) in [4.78, 5) is 25.3. The fourth-order valence-corrected chi connectivity index (χ4v) is 6.80. The van der Waals surface area contributed by atoms with Crippen molar-refractivity contribution in [2.75, 3.05) is 40.9 Å². The lowest BCUT2D eigenvalue weighted by atomic mass is 10.1. The highest BCUT2D eigenvalue weighted by Crippen LogP contribution is 2.38. The van der Waals surface area contributed by atoms with Crippen molar-refractivity contribution in [1.82, 2.24) is 5.32 Å². The number of allylic oxidation sites excluding steroid dienone is 23. The van der Waals surface area contributed by atoms with Crippen LogP contribution in [0.3, 0.4) is 0 Å². The maximum absolute atomic E-state index is 12.8. The average molecular weight is 933 g/mol.